The molecule has 4 rings (SSSR count). The van der Waals surface area contributed by atoms with Crippen molar-refractivity contribution in [3.63, 3.8) is 0 Å². The van der Waals surface area contributed by atoms with Gasteiger partial charge in [0.05, 0.1) is 27.2 Å². The Hall–Kier alpha value is -2.67. The van der Waals surface area contributed by atoms with E-state index in [4.69, 9.17) is 4.98 Å². The molecule has 158 valence electrons. The summed E-state index contributed by atoms with van der Waals surface area (Å²) < 4.78 is 26.8. The van der Waals surface area contributed by atoms with Gasteiger partial charge in [0.25, 0.3) is 5.91 Å². The van der Waals surface area contributed by atoms with Crippen LogP contribution < -0.4 is 0 Å². The third-order valence-corrected chi connectivity index (χ3v) is 8.10. The van der Waals surface area contributed by atoms with Gasteiger partial charge < -0.3 is 9.47 Å². The molecular weight excluding hydrogens is 398 g/mol. The molecule has 1 aromatic heterocycles. The van der Waals surface area contributed by atoms with E-state index in [0.29, 0.717) is 12.1 Å². The third-order valence-electron chi connectivity index (χ3n) is 5.93. The third kappa shape index (κ3) is 3.51. The second-order valence-corrected chi connectivity index (χ2v) is 10.7. The first kappa shape index (κ1) is 20.6. The van der Waals surface area contributed by atoms with E-state index in [1.165, 1.54) is 12.1 Å². The van der Waals surface area contributed by atoms with Crippen LogP contribution in [0.25, 0.3) is 11.0 Å². The first-order valence-corrected chi connectivity index (χ1v) is 11.9. The van der Waals surface area contributed by atoms with Gasteiger partial charge in [-0.05, 0) is 69.5 Å². The van der Waals surface area contributed by atoms with Crippen LogP contribution in [0.3, 0.4) is 0 Å². The lowest BCUT2D eigenvalue weighted by atomic mass is 10.00. The smallest absolute Gasteiger partial charge is 0.254 e. The van der Waals surface area contributed by atoms with Crippen LogP contribution in [0.15, 0.2) is 53.4 Å². The van der Waals surface area contributed by atoms with E-state index >= 15 is 0 Å². The summed E-state index contributed by atoms with van der Waals surface area (Å²) in [4.78, 5) is 20.3. The highest BCUT2D eigenvalue weighted by atomic mass is 32.2. The van der Waals surface area contributed by atoms with Crippen LogP contribution in [-0.2, 0) is 16.9 Å². The fourth-order valence-corrected chi connectivity index (χ4v) is 5.19. The number of amides is 1. The van der Waals surface area contributed by atoms with Gasteiger partial charge in [-0.15, -0.1) is 0 Å². The SMILES string of the molecule is CC(C)S(=O)(=O)c1ccc(C(=O)N2CCCC[C@H]2c2nc3ccccc3n2C)cc1. The first-order valence-electron chi connectivity index (χ1n) is 10.4. The molecule has 0 N–H and O–H groups in total. The van der Waals surface area contributed by atoms with E-state index in [1.807, 2.05) is 36.2 Å². The Labute approximate surface area is 177 Å². The molecule has 1 saturated heterocycles. The molecule has 30 heavy (non-hydrogen) atoms. The predicted octanol–water partition coefficient (Wildman–Crippen LogP) is 4.12. The molecule has 0 radical (unpaired) electrons. The summed E-state index contributed by atoms with van der Waals surface area (Å²) in [6.07, 6.45) is 2.86. The number of imidazole rings is 1. The highest BCUT2D eigenvalue weighted by Gasteiger charge is 2.32. The number of hydrogen-bond donors (Lipinski definition) is 0. The van der Waals surface area contributed by atoms with Gasteiger partial charge >= 0.3 is 0 Å². The molecule has 3 aromatic rings. The normalized spacial score (nSPS) is 17.6. The Kier molecular flexibility index (Phi) is 5.40. The van der Waals surface area contributed by atoms with Crippen molar-refractivity contribution in [3.05, 3.63) is 59.9 Å². The van der Waals surface area contributed by atoms with E-state index in [9.17, 15) is 13.2 Å². The molecule has 1 fully saturated rings. The summed E-state index contributed by atoms with van der Waals surface area (Å²) in [5.74, 6) is 0.809. The minimum absolute atomic E-state index is 0.0831. The number of sulfone groups is 1. The maximum Gasteiger partial charge on any atom is 0.254 e. The summed E-state index contributed by atoms with van der Waals surface area (Å²) in [7, 11) is -1.36. The average Bonchev–Trinajstić information content (AvgIpc) is 3.10. The number of para-hydroxylation sites is 2. The highest BCUT2D eigenvalue weighted by molar-refractivity contribution is 7.92. The Morgan fingerprint density at radius 2 is 1.77 bits per heavy atom. The van der Waals surface area contributed by atoms with Crippen molar-refractivity contribution in [2.45, 2.75) is 49.3 Å². The standard InChI is InChI=1S/C23H27N3O3S/c1-16(2)30(28,29)18-13-11-17(12-14-18)23(27)26-15-7-6-10-21(26)22-24-19-8-4-5-9-20(19)25(22)3/h4-5,8-9,11-14,16,21H,6-7,10,15H2,1-3H3/t21-/m0/s1. The van der Waals surface area contributed by atoms with Crippen molar-refractivity contribution < 1.29 is 13.2 Å². The molecule has 1 atom stereocenters. The fraction of sp³-hybridized carbons (Fsp3) is 0.391. The van der Waals surface area contributed by atoms with Crippen molar-refractivity contribution in [2.24, 2.45) is 7.05 Å². The largest absolute Gasteiger partial charge is 0.329 e. The second-order valence-electron chi connectivity index (χ2n) is 8.15. The van der Waals surface area contributed by atoms with Crippen LogP contribution in [0.4, 0.5) is 0 Å². The minimum Gasteiger partial charge on any atom is -0.329 e. The zero-order valence-electron chi connectivity index (χ0n) is 17.6. The zero-order valence-corrected chi connectivity index (χ0v) is 18.4. The number of piperidine rings is 1. The number of fused-ring (bicyclic) bond motifs is 1. The Morgan fingerprint density at radius 1 is 1.07 bits per heavy atom. The number of hydrogen-bond acceptors (Lipinski definition) is 4. The summed E-state index contributed by atoms with van der Waals surface area (Å²) in [5.41, 5.74) is 2.48. The lowest BCUT2D eigenvalue weighted by Gasteiger charge is -2.35. The number of carbonyl (C=O) groups is 1. The molecule has 7 heteroatoms. The summed E-state index contributed by atoms with van der Waals surface area (Å²) in [5, 5.41) is -0.497. The Balaban J connectivity index is 1.66. The monoisotopic (exact) mass is 425 g/mol. The summed E-state index contributed by atoms with van der Waals surface area (Å²) in [6.45, 7) is 3.98. The van der Waals surface area contributed by atoms with Crippen LogP contribution >= 0.6 is 0 Å². The number of likely N-dealkylation sites (tertiary alicyclic amines) is 1. The van der Waals surface area contributed by atoms with Gasteiger partial charge in [0, 0.05) is 19.2 Å². The van der Waals surface area contributed by atoms with Crippen LogP contribution in [0.1, 0.15) is 55.3 Å². The van der Waals surface area contributed by atoms with Crippen molar-refractivity contribution in [3.8, 4) is 0 Å². The Morgan fingerprint density at radius 3 is 2.43 bits per heavy atom. The van der Waals surface area contributed by atoms with Crippen LogP contribution in [0.2, 0.25) is 0 Å². The number of benzene rings is 2. The lowest BCUT2D eigenvalue weighted by molar-refractivity contribution is 0.0597. The maximum atomic E-state index is 13.3. The molecular formula is C23H27N3O3S. The van der Waals surface area contributed by atoms with Crippen LogP contribution in [0, 0.1) is 0 Å². The molecule has 0 spiro atoms. The predicted molar refractivity (Wildman–Crippen MR) is 117 cm³/mol. The lowest BCUT2D eigenvalue weighted by Crippen LogP contribution is -2.39. The highest BCUT2D eigenvalue weighted by Crippen LogP contribution is 2.33. The molecule has 2 aromatic carbocycles. The quantitative estimate of drug-likeness (QED) is 0.630. The van der Waals surface area contributed by atoms with Gasteiger partial charge in [0.15, 0.2) is 9.84 Å². The summed E-state index contributed by atoms with van der Waals surface area (Å²) in [6, 6.07) is 14.2. The second kappa shape index (κ2) is 7.87. The van der Waals surface area contributed by atoms with E-state index < -0.39 is 15.1 Å². The molecule has 0 unspecified atom stereocenters. The van der Waals surface area contributed by atoms with E-state index in [1.54, 1.807) is 26.0 Å². The fourth-order valence-electron chi connectivity index (χ4n) is 4.13. The van der Waals surface area contributed by atoms with Crippen molar-refractivity contribution in [1.82, 2.24) is 14.5 Å². The zero-order chi connectivity index (χ0) is 21.5. The van der Waals surface area contributed by atoms with Gasteiger partial charge in [-0.2, -0.15) is 0 Å². The molecule has 0 saturated carbocycles. The van der Waals surface area contributed by atoms with Gasteiger partial charge in [-0.25, -0.2) is 13.4 Å². The molecule has 0 aliphatic carbocycles. The number of aromatic nitrogens is 2. The molecule has 1 amide bonds. The first-order chi connectivity index (χ1) is 14.3. The van der Waals surface area contributed by atoms with E-state index in [0.717, 1.165) is 36.1 Å². The average molecular weight is 426 g/mol. The van der Waals surface area contributed by atoms with Crippen molar-refractivity contribution >= 4 is 26.8 Å². The number of rotatable bonds is 4. The topological polar surface area (TPSA) is 72.3 Å². The molecule has 6 nitrogen and oxygen atoms in total. The van der Waals surface area contributed by atoms with Gasteiger partial charge in [0.2, 0.25) is 0 Å². The van der Waals surface area contributed by atoms with E-state index in [2.05, 4.69) is 4.57 Å². The molecule has 0 bridgehead atoms. The van der Waals surface area contributed by atoms with Gasteiger partial charge in [-0.1, -0.05) is 12.1 Å². The number of nitrogens with zero attached hydrogens (tertiary/aromatic N) is 3. The maximum absolute atomic E-state index is 13.3. The van der Waals surface area contributed by atoms with E-state index in [-0.39, 0.29) is 16.8 Å². The minimum atomic E-state index is -3.36. The Bertz CT molecular complexity index is 1180. The number of carbonyl (C=O) groups excluding carboxylic acids is 1. The molecule has 1 aliphatic rings. The molecule has 2 heterocycles. The van der Waals surface area contributed by atoms with Gasteiger partial charge in [-0.3, -0.25) is 4.79 Å². The number of aryl methyl sites for hydroxylation is 1. The van der Waals surface area contributed by atoms with Gasteiger partial charge in [0.1, 0.15) is 5.82 Å². The van der Waals surface area contributed by atoms with Crippen LogP contribution in [-0.4, -0.2) is 40.6 Å². The summed E-state index contributed by atoms with van der Waals surface area (Å²) >= 11 is 0. The van der Waals surface area contributed by atoms with Crippen LogP contribution in [0.5, 0.6) is 0 Å². The molecule has 1 aliphatic heterocycles. The van der Waals surface area contributed by atoms with Crippen molar-refractivity contribution in [1.29, 1.82) is 0 Å². The van der Waals surface area contributed by atoms with Crippen molar-refractivity contribution in [2.75, 3.05) is 6.54 Å².